The topological polar surface area (TPSA) is 21.3 Å². The SMILES string of the molecule is CCNCC(C)(Cc1ccccc1OC)C1CC1. The maximum atomic E-state index is 5.48. The number of nitrogens with one attached hydrogen (secondary N) is 1. The van der Waals surface area contributed by atoms with Crippen LogP contribution in [0.1, 0.15) is 32.3 Å². The highest BCUT2D eigenvalue weighted by Gasteiger charge is 2.41. The summed E-state index contributed by atoms with van der Waals surface area (Å²) in [7, 11) is 1.76. The second-order valence-corrected chi connectivity index (χ2v) is 5.70. The lowest BCUT2D eigenvalue weighted by molar-refractivity contribution is 0.254. The number of rotatable bonds is 7. The fourth-order valence-corrected chi connectivity index (χ4v) is 2.83. The molecule has 0 aliphatic heterocycles. The zero-order valence-corrected chi connectivity index (χ0v) is 11.8. The molecule has 2 nitrogen and oxygen atoms in total. The maximum absolute atomic E-state index is 5.48. The molecule has 0 amide bonds. The molecule has 1 aliphatic rings. The first kappa shape index (κ1) is 13.4. The Morgan fingerprint density at radius 1 is 1.33 bits per heavy atom. The molecule has 0 aromatic heterocycles. The first-order valence-electron chi connectivity index (χ1n) is 7.02. The van der Waals surface area contributed by atoms with Crippen LogP contribution in [0.2, 0.25) is 0 Å². The van der Waals surface area contributed by atoms with Crippen LogP contribution >= 0.6 is 0 Å². The van der Waals surface area contributed by atoms with E-state index in [0.717, 1.165) is 31.2 Å². The fourth-order valence-electron chi connectivity index (χ4n) is 2.83. The van der Waals surface area contributed by atoms with E-state index in [9.17, 15) is 0 Å². The third-order valence-electron chi connectivity index (χ3n) is 4.13. The molecule has 1 aliphatic carbocycles. The van der Waals surface area contributed by atoms with Crippen molar-refractivity contribution in [1.29, 1.82) is 0 Å². The molecule has 100 valence electrons. The smallest absolute Gasteiger partial charge is 0.122 e. The van der Waals surface area contributed by atoms with Crippen molar-refractivity contribution in [1.82, 2.24) is 5.32 Å². The molecular formula is C16H25NO. The molecule has 0 saturated heterocycles. The first-order chi connectivity index (χ1) is 8.69. The number of para-hydroxylation sites is 1. The van der Waals surface area contributed by atoms with E-state index >= 15 is 0 Å². The van der Waals surface area contributed by atoms with E-state index in [0.29, 0.717) is 5.41 Å². The Morgan fingerprint density at radius 3 is 2.67 bits per heavy atom. The van der Waals surface area contributed by atoms with E-state index in [2.05, 4.69) is 37.4 Å². The summed E-state index contributed by atoms with van der Waals surface area (Å²) < 4.78 is 5.48. The highest BCUT2D eigenvalue weighted by molar-refractivity contribution is 5.34. The van der Waals surface area contributed by atoms with Crippen molar-refractivity contribution < 1.29 is 4.74 Å². The highest BCUT2D eigenvalue weighted by atomic mass is 16.5. The minimum atomic E-state index is 0.366. The van der Waals surface area contributed by atoms with Gasteiger partial charge in [-0.05, 0) is 48.8 Å². The average molecular weight is 247 g/mol. The second-order valence-electron chi connectivity index (χ2n) is 5.70. The van der Waals surface area contributed by atoms with Crippen LogP contribution in [0.3, 0.4) is 0 Å². The van der Waals surface area contributed by atoms with Crippen LogP contribution in [0.15, 0.2) is 24.3 Å². The zero-order valence-electron chi connectivity index (χ0n) is 11.8. The molecule has 2 heteroatoms. The Morgan fingerprint density at radius 2 is 2.06 bits per heavy atom. The van der Waals surface area contributed by atoms with Crippen molar-refractivity contribution >= 4 is 0 Å². The number of benzene rings is 1. The van der Waals surface area contributed by atoms with Gasteiger partial charge in [-0.15, -0.1) is 0 Å². The average Bonchev–Trinajstić information content (AvgIpc) is 3.22. The lowest BCUT2D eigenvalue weighted by Crippen LogP contribution is -2.35. The molecule has 0 bridgehead atoms. The van der Waals surface area contributed by atoms with E-state index in [4.69, 9.17) is 4.74 Å². The molecule has 1 atom stereocenters. The largest absolute Gasteiger partial charge is 0.496 e. The van der Waals surface area contributed by atoms with Gasteiger partial charge in [-0.1, -0.05) is 32.0 Å². The predicted octanol–water partition coefficient (Wildman–Crippen LogP) is 3.26. The first-order valence-corrected chi connectivity index (χ1v) is 7.02. The predicted molar refractivity (Wildman–Crippen MR) is 76.1 cm³/mol. The Balaban J connectivity index is 2.12. The summed E-state index contributed by atoms with van der Waals surface area (Å²) in [5.41, 5.74) is 1.71. The Hall–Kier alpha value is -1.02. The molecule has 2 rings (SSSR count). The summed E-state index contributed by atoms with van der Waals surface area (Å²) in [6.45, 7) is 6.75. The maximum Gasteiger partial charge on any atom is 0.122 e. The third kappa shape index (κ3) is 3.05. The van der Waals surface area contributed by atoms with Crippen LogP contribution in [0.5, 0.6) is 5.75 Å². The van der Waals surface area contributed by atoms with Gasteiger partial charge in [-0.2, -0.15) is 0 Å². The van der Waals surface area contributed by atoms with Crippen LogP contribution in [0.25, 0.3) is 0 Å². The van der Waals surface area contributed by atoms with Gasteiger partial charge in [0.15, 0.2) is 0 Å². The van der Waals surface area contributed by atoms with Gasteiger partial charge in [0.25, 0.3) is 0 Å². The molecule has 18 heavy (non-hydrogen) atoms. The summed E-state index contributed by atoms with van der Waals surface area (Å²) >= 11 is 0. The lowest BCUT2D eigenvalue weighted by atomic mass is 9.78. The van der Waals surface area contributed by atoms with Gasteiger partial charge in [0.2, 0.25) is 0 Å². The molecular weight excluding hydrogens is 222 g/mol. The summed E-state index contributed by atoms with van der Waals surface area (Å²) in [5.74, 6) is 1.90. The van der Waals surface area contributed by atoms with Crippen molar-refractivity contribution in [2.75, 3.05) is 20.2 Å². The van der Waals surface area contributed by atoms with Gasteiger partial charge < -0.3 is 10.1 Å². The summed E-state index contributed by atoms with van der Waals surface area (Å²) in [4.78, 5) is 0. The van der Waals surface area contributed by atoms with Crippen molar-refractivity contribution in [2.45, 2.75) is 33.1 Å². The lowest BCUT2D eigenvalue weighted by Gasteiger charge is -2.31. The minimum Gasteiger partial charge on any atom is -0.496 e. The third-order valence-corrected chi connectivity index (χ3v) is 4.13. The van der Waals surface area contributed by atoms with Gasteiger partial charge in [0.05, 0.1) is 7.11 Å². The Kier molecular flexibility index (Phi) is 4.28. The molecule has 1 saturated carbocycles. The van der Waals surface area contributed by atoms with Gasteiger partial charge >= 0.3 is 0 Å². The van der Waals surface area contributed by atoms with E-state index in [-0.39, 0.29) is 0 Å². The second kappa shape index (κ2) is 5.75. The van der Waals surface area contributed by atoms with E-state index < -0.39 is 0 Å². The fraction of sp³-hybridized carbons (Fsp3) is 0.625. The van der Waals surface area contributed by atoms with Crippen LogP contribution < -0.4 is 10.1 Å². The van der Waals surface area contributed by atoms with Crippen LogP contribution in [-0.4, -0.2) is 20.2 Å². The molecule has 0 heterocycles. The Bertz CT molecular complexity index is 386. The van der Waals surface area contributed by atoms with E-state index in [1.165, 1.54) is 18.4 Å². The van der Waals surface area contributed by atoms with Crippen LogP contribution in [0, 0.1) is 11.3 Å². The minimum absolute atomic E-state index is 0.366. The number of hydrogen-bond acceptors (Lipinski definition) is 2. The van der Waals surface area contributed by atoms with Crippen molar-refractivity contribution in [3.8, 4) is 5.75 Å². The van der Waals surface area contributed by atoms with E-state index in [1.807, 2.05) is 6.07 Å². The molecule has 0 spiro atoms. The Labute approximate surface area is 111 Å². The molecule has 1 N–H and O–H groups in total. The molecule has 1 aromatic carbocycles. The van der Waals surface area contributed by atoms with Crippen molar-refractivity contribution in [3.05, 3.63) is 29.8 Å². The van der Waals surface area contributed by atoms with Crippen molar-refractivity contribution in [3.63, 3.8) is 0 Å². The zero-order chi connectivity index (χ0) is 13.0. The van der Waals surface area contributed by atoms with Crippen molar-refractivity contribution in [2.24, 2.45) is 11.3 Å². The molecule has 1 fully saturated rings. The van der Waals surface area contributed by atoms with E-state index in [1.54, 1.807) is 7.11 Å². The molecule has 0 radical (unpaired) electrons. The normalized spacial score (nSPS) is 18.4. The van der Waals surface area contributed by atoms with Crippen LogP contribution in [0.4, 0.5) is 0 Å². The van der Waals surface area contributed by atoms with Gasteiger partial charge in [0.1, 0.15) is 5.75 Å². The summed E-state index contributed by atoms with van der Waals surface area (Å²) in [5, 5.41) is 3.53. The van der Waals surface area contributed by atoms with Gasteiger partial charge in [0, 0.05) is 6.54 Å². The quantitative estimate of drug-likeness (QED) is 0.798. The summed E-state index contributed by atoms with van der Waals surface area (Å²) in [6, 6.07) is 8.42. The highest BCUT2D eigenvalue weighted by Crippen LogP contribution is 2.47. The van der Waals surface area contributed by atoms with Gasteiger partial charge in [-0.3, -0.25) is 0 Å². The molecule has 1 aromatic rings. The monoisotopic (exact) mass is 247 g/mol. The summed E-state index contributed by atoms with van der Waals surface area (Å²) in [6.07, 6.45) is 3.88. The number of methoxy groups -OCH3 is 1. The number of hydrogen-bond donors (Lipinski definition) is 1. The molecule has 1 unspecified atom stereocenters. The van der Waals surface area contributed by atoms with Gasteiger partial charge in [-0.25, -0.2) is 0 Å². The standard InChI is InChI=1S/C16H25NO/c1-4-17-12-16(2,14-9-10-14)11-13-7-5-6-8-15(13)18-3/h5-8,14,17H,4,9-12H2,1-3H3. The number of ether oxygens (including phenoxy) is 1. The van der Waals surface area contributed by atoms with Crippen LogP contribution in [-0.2, 0) is 6.42 Å².